The molecule has 0 spiro atoms. The average molecular weight is 307 g/mol. The molecule has 4 N–H and O–H groups in total. The second kappa shape index (κ2) is 9.29. The summed E-state index contributed by atoms with van der Waals surface area (Å²) < 4.78 is 0. The Morgan fingerprint density at radius 3 is 2.32 bits per heavy atom. The molecule has 3 heteroatoms. The molecule has 0 amide bonds. The summed E-state index contributed by atoms with van der Waals surface area (Å²) in [5, 5.41) is 20.2. The van der Waals surface area contributed by atoms with E-state index >= 15 is 0 Å². The van der Waals surface area contributed by atoms with E-state index in [4.69, 9.17) is 5.73 Å². The van der Waals surface area contributed by atoms with E-state index in [9.17, 15) is 10.2 Å². The first-order valence-electron chi connectivity index (χ1n) is 8.72. The summed E-state index contributed by atoms with van der Waals surface area (Å²) in [7, 11) is 0. The minimum absolute atomic E-state index is 0.244. The maximum Gasteiger partial charge on any atom is 0.0909 e. The Hall–Kier alpha value is -0.900. The van der Waals surface area contributed by atoms with Crippen molar-refractivity contribution in [1.29, 1.82) is 0 Å². The Balaban J connectivity index is 3.25. The maximum absolute atomic E-state index is 10.4. The van der Waals surface area contributed by atoms with Crippen LogP contribution in [0, 0.1) is 0 Å². The molecule has 0 saturated heterocycles. The van der Waals surface area contributed by atoms with Gasteiger partial charge in [-0.1, -0.05) is 64.3 Å². The van der Waals surface area contributed by atoms with Gasteiger partial charge in [-0.05, 0) is 36.3 Å². The molecule has 0 aromatic heterocycles. The molecule has 0 aliphatic rings. The topological polar surface area (TPSA) is 66.5 Å². The van der Waals surface area contributed by atoms with Crippen LogP contribution in [-0.4, -0.2) is 22.9 Å². The van der Waals surface area contributed by atoms with Gasteiger partial charge in [-0.3, -0.25) is 0 Å². The lowest BCUT2D eigenvalue weighted by atomic mass is 9.77. The Morgan fingerprint density at radius 1 is 1.09 bits per heavy atom. The first-order valence-corrected chi connectivity index (χ1v) is 8.72. The van der Waals surface area contributed by atoms with E-state index in [0.29, 0.717) is 12.3 Å². The van der Waals surface area contributed by atoms with Crippen LogP contribution in [0.1, 0.15) is 76.3 Å². The predicted octanol–water partition coefficient (Wildman–Crippen LogP) is 3.68. The molecule has 0 fully saturated rings. The highest BCUT2D eigenvalue weighted by Gasteiger charge is 2.36. The number of aliphatic hydroxyl groups excluding tert-OH is 2. The van der Waals surface area contributed by atoms with Gasteiger partial charge in [-0.2, -0.15) is 0 Å². The van der Waals surface area contributed by atoms with Crippen molar-refractivity contribution >= 4 is 0 Å². The smallest absolute Gasteiger partial charge is 0.0909 e. The first-order chi connectivity index (χ1) is 10.5. The van der Waals surface area contributed by atoms with Crippen LogP contribution in [-0.2, 0) is 5.54 Å². The predicted molar refractivity (Wildman–Crippen MR) is 92.9 cm³/mol. The van der Waals surface area contributed by atoms with Crippen molar-refractivity contribution in [2.24, 2.45) is 5.73 Å². The van der Waals surface area contributed by atoms with Crippen molar-refractivity contribution in [1.82, 2.24) is 0 Å². The molecule has 0 saturated carbocycles. The Bertz CT molecular complexity index is 435. The van der Waals surface area contributed by atoms with Crippen LogP contribution in [0.3, 0.4) is 0 Å². The van der Waals surface area contributed by atoms with Crippen molar-refractivity contribution < 1.29 is 10.2 Å². The number of rotatable bonds is 10. The lowest BCUT2D eigenvalue weighted by Gasteiger charge is -2.36. The zero-order valence-electron chi connectivity index (χ0n) is 14.4. The van der Waals surface area contributed by atoms with Gasteiger partial charge in [0.05, 0.1) is 18.2 Å². The Morgan fingerprint density at radius 2 is 1.77 bits per heavy atom. The molecular weight excluding hydrogens is 274 g/mol. The molecule has 3 unspecified atom stereocenters. The zero-order valence-corrected chi connectivity index (χ0v) is 14.4. The summed E-state index contributed by atoms with van der Waals surface area (Å²) in [4.78, 5) is 0. The molecule has 0 aliphatic heterocycles. The van der Waals surface area contributed by atoms with Gasteiger partial charge in [0.2, 0.25) is 0 Å². The molecule has 0 aliphatic carbocycles. The first kappa shape index (κ1) is 19.1. The molecule has 0 heterocycles. The van der Waals surface area contributed by atoms with Crippen molar-refractivity contribution in [3.63, 3.8) is 0 Å². The van der Waals surface area contributed by atoms with Crippen LogP contribution >= 0.6 is 0 Å². The number of hydrogen-bond acceptors (Lipinski definition) is 3. The summed E-state index contributed by atoms with van der Waals surface area (Å²) in [5.41, 5.74) is 7.46. The van der Waals surface area contributed by atoms with Crippen molar-refractivity contribution in [3.05, 3.63) is 35.4 Å². The molecule has 0 radical (unpaired) electrons. The van der Waals surface area contributed by atoms with Crippen LogP contribution in [0.4, 0.5) is 0 Å². The van der Waals surface area contributed by atoms with Crippen LogP contribution in [0.25, 0.3) is 0 Å². The lowest BCUT2D eigenvalue weighted by Crippen LogP contribution is -2.51. The van der Waals surface area contributed by atoms with Crippen molar-refractivity contribution in [2.75, 3.05) is 6.61 Å². The van der Waals surface area contributed by atoms with Crippen LogP contribution in [0.15, 0.2) is 24.3 Å². The summed E-state index contributed by atoms with van der Waals surface area (Å²) in [6.07, 6.45) is 5.51. The SMILES string of the molecule is CCCCC(CCC)c1ccccc1C(N)(CO)C(O)CC. The maximum atomic E-state index is 10.4. The van der Waals surface area contributed by atoms with Gasteiger partial charge in [0.15, 0.2) is 0 Å². The second-order valence-electron chi connectivity index (χ2n) is 6.34. The third kappa shape index (κ3) is 4.31. The molecule has 3 atom stereocenters. The number of nitrogens with two attached hydrogens (primary N) is 1. The van der Waals surface area contributed by atoms with Gasteiger partial charge in [0, 0.05) is 0 Å². The number of unbranched alkanes of at least 4 members (excludes halogenated alkanes) is 1. The third-order valence-electron chi connectivity index (χ3n) is 4.69. The minimum Gasteiger partial charge on any atom is -0.394 e. The van der Waals surface area contributed by atoms with E-state index in [1.165, 1.54) is 18.4 Å². The molecule has 22 heavy (non-hydrogen) atoms. The zero-order chi connectivity index (χ0) is 16.6. The standard InChI is InChI=1S/C19H33NO2/c1-4-7-11-15(10-5-2)16-12-8-9-13-17(16)19(20,14-21)18(22)6-3/h8-9,12-13,15,18,21-22H,4-7,10-11,14,20H2,1-3H3. The summed E-state index contributed by atoms with van der Waals surface area (Å²) in [6.45, 7) is 6.05. The van der Waals surface area contributed by atoms with E-state index in [-0.39, 0.29) is 6.61 Å². The van der Waals surface area contributed by atoms with Gasteiger partial charge in [-0.15, -0.1) is 0 Å². The quantitative estimate of drug-likeness (QED) is 0.618. The minimum atomic E-state index is -1.08. The van der Waals surface area contributed by atoms with E-state index in [1.807, 2.05) is 25.1 Å². The summed E-state index contributed by atoms with van der Waals surface area (Å²) >= 11 is 0. The van der Waals surface area contributed by atoms with E-state index in [1.54, 1.807) is 0 Å². The molecular formula is C19H33NO2. The van der Waals surface area contributed by atoms with Gasteiger partial charge >= 0.3 is 0 Å². The molecule has 0 bridgehead atoms. The van der Waals surface area contributed by atoms with Crippen LogP contribution < -0.4 is 5.73 Å². The number of benzene rings is 1. The Kier molecular flexibility index (Phi) is 8.08. The molecule has 1 aromatic carbocycles. The fourth-order valence-electron chi connectivity index (χ4n) is 3.27. The van der Waals surface area contributed by atoms with E-state index in [2.05, 4.69) is 19.9 Å². The van der Waals surface area contributed by atoms with Crippen LogP contribution in [0.5, 0.6) is 0 Å². The normalized spacial score (nSPS) is 17.0. The molecule has 126 valence electrons. The monoisotopic (exact) mass is 307 g/mol. The van der Waals surface area contributed by atoms with E-state index < -0.39 is 11.6 Å². The third-order valence-corrected chi connectivity index (χ3v) is 4.69. The highest BCUT2D eigenvalue weighted by molar-refractivity contribution is 5.37. The largest absolute Gasteiger partial charge is 0.394 e. The molecule has 3 nitrogen and oxygen atoms in total. The second-order valence-corrected chi connectivity index (χ2v) is 6.34. The molecule has 1 aromatic rings. The van der Waals surface area contributed by atoms with Crippen molar-refractivity contribution in [2.45, 2.75) is 76.9 Å². The van der Waals surface area contributed by atoms with Crippen LogP contribution in [0.2, 0.25) is 0 Å². The highest BCUT2D eigenvalue weighted by Crippen LogP contribution is 2.35. The number of aliphatic hydroxyl groups is 2. The van der Waals surface area contributed by atoms with Gasteiger partial charge < -0.3 is 15.9 Å². The summed E-state index contributed by atoms with van der Waals surface area (Å²) in [6, 6.07) is 8.06. The van der Waals surface area contributed by atoms with Gasteiger partial charge in [0.1, 0.15) is 0 Å². The van der Waals surface area contributed by atoms with Gasteiger partial charge in [-0.25, -0.2) is 0 Å². The lowest BCUT2D eigenvalue weighted by molar-refractivity contribution is 0.0376. The van der Waals surface area contributed by atoms with Gasteiger partial charge in [0.25, 0.3) is 0 Å². The summed E-state index contributed by atoms with van der Waals surface area (Å²) in [5.74, 6) is 0.444. The fourth-order valence-corrected chi connectivity index (χ4v) is 3.27. The highest BCUT2D eigenvalue weighted by atomic mass is 16.3. The molecule has 1 rings (SSSR count). The fraction of sp³-hybridized carbons (Fsp3) is 0.684. The number of hydrogen-bond donors (Lipinski definition) is 3. The Labute approximate surface area is 135 Å². The average Bonchev–Trinajstić information content (AvgIpc) is 2.57. The van der Waals surface area contributed by atoms with E-state index in [0.717, 1.165) is 24.8 Å². The van der Waals surface area contributed by atoms with Crippen molar-refractivity contribution in [3.8, 4) is 0 Å².